The Morgan fingerprint density at radius 3 is 2.00 bits per heavy atom. The van der Waals surface area contributed by atoms with E-state index in [1.54, 1.807) is 0 Å². The lowest BCUT2D eigenvalue weighted by Crippen LogP contribution is -2.12. The summed E-state index contributed by atoms with van der Waals surface area (Å²) >= 11 is 0. The van der Waals surface area contributed by atoms with E-state index in [0.717, 1.165) is 0 Å². The summed E-state index contributed by atoms with van der Waals surface area (Å²) in [6.45, 7) is 0. The largest absolute Gasteiger partial charge is 0.536 e. The first-order valence-corrected chi connectivity index (χ1v) is 3.71. The number of nitrogens with zero attached hydrogens (tertiary/aromatic N) is 8. The molecule has 14 nitrogen and oxygen atoms in total. The molecule has 0 aliphatic carbocycles. The van der Waals surface area contributed by atoms with Crippen molar-refractivity contribution in [2.45, 2.75) is 0 Å². The van der Waals surface area contributed by atoms with Gasteiger partial charge < -0.3 is 20.2 Å². The smallest absolute Gasteiger partial charge is 0.390 e. The second kappa shape index (κ2) is 3.15. The first-order valence-electron chi connectivity index (χ1n) is 3.71. The van der Waals surface area contributed by atoms with Gasteiger partial charge in [-0.15, -0.1) is 0 Å². The average Bonchev–Trinajstić information content (AvgIpc) is 2.71. The molecule has 2 rings (SSSR count). The third-order valence-electron chi connectivity index (χ3n) is 1.67. The number of hydrogen-bond donors (Lipinski definition) is 0. The van der Waals surface area contributed by atoms with Crippen molar-refractivity contribution >= 4 is 17.7 Å². The van der Waals surface area contributed by atoms with E-state index >= 15 is 0 Å². The van der Waals surface area contributed by atoms with Crippen molar-refractivity contribution in [1.82, 2.24) is 24.5 Å². The van der Waals surface area contributed by atoms with E-state index in [-0.39, 0.29) is 4.68 Å². The first-order chi connectivity index (χ1) is 7.93. The van der Waals surface area contributed by atoms with Crippen LogP contribution in [0.25, 0.3) is 5.78 Å². The van der Waals surface area contributed by atoms with Crippen LogP contribution in [0.5, 0.6) is 0 Å². The zero-order valence-corrected chi connectivity index (χ0v) is 7.53. The van der Waals surface area contributed by atoms with Gasteiger partial charge in [-0.3, -0.25) is 0 Å². The van der Waals surface area contributed by atoms with Gasteiger partial charge in [-0.05, 0) is 9.85 Å². The molecule has 2 aromatic heterocycles. The first kappa shape index (κ1) is 10.3. The molecular formula is C3N8O6. The molecule has 0 atom stereocenters. The van der Waals surface area contributed by atoms with E-state index < -0.39 is 32.6 Å². The highest BCUT2D eigenvalue weighted by molar-refractivity contribution is 5.35. The standard InChI is InChI=1S/C3N8O6/c12-9(13)2-5-4-1-7(2)6-3(10(14)15)8(1)11(16)17. The van der Waals surface area contributed by atoms with E-state index in [1.165, 1.54) is 0 Å². The van der Waals surface area contributed by atoms with Crippen molar-refractivity contribution in [3.05, 3.63) is 30.3 Å². The third kappa shape index (κ3) is 1.31. The van der Waals surface area contributed by atoms with Crippen molar-refractivity contribution in [1.29, 1.82) is 0 Å². The second-order valence-electron chi connectivity index (χ2n) is 2.58. The summed E-state index contributed by atoms with van der Waals surface area (Å²) in [4.78, 5) is 29.3. The van der Waals surface area contributed by atoms with Gasteiger partial charge >= 0.3 is 17.7 Å². The fourth-order valence-electron chi connectivity index (χ4n) is 1.08. The molecule has 0 spiro atoms. The van der Waals surface area contributed by atoms with Gasteiger partial charge in [-0.1, -0.05) is 0 Å². The monoisotopic (exact) mass is 244 g/mol. The van der Waals surface area contributed by atoms with Crippen molar-refractivity contribution in [3.63, 3.8) is 0 Å². The number of rotatable bonds is 3. The molecule has 2 heterocycles. The van der Waals surface area contributed by atoms with E-state index in [4.69, 9.17) is 0 Å². The van der Waals surface area contributed by atoms with E-state index in [0.29, 0.717) is 4.52 Å². The van der Waals surface area contributed by atoms with Crippen LogP contribution in [0.2, 0.25) is 0 Å². The van der Waals surface area contributed by atoms with Crippen molar-refractivity contribution < 1.29 is 14.9 Å². The highest BCUT2D eigenvalue weighted by atomic mass is 16.7. The summed E-state index contributed by atoms with van der Waals surface area (Å²) in [5.74, 6) is -2.89. The third-order valence-corrected chi connectivity index (χ3v) is 1.67. The molecule has 88 valence electrons. The van der Waals surface area contributed by atoms with Gasteiger partial charge in [0.1, 0.15) is 9.77 Å². The average molecular weight is 244 g/mol. The molecular weight excluding hydrogens is 244 g/mol. The van der Waals surface area contributed by atoms with Crippen LogP contribution in [0.4, 0.5) is 11.9 Å². The number of nitro groups is 3. The lowest BCUT2D eigenvalue weighted by atomic mass is 11.0. The van der Waals surface area contributed by atoms with Gasteiger partial charge in [-0.25, -0.2) is 10.1 Å². The molecule has 17 heavy (non-hydrogen) atoms. The maximum Gasteiger partial charge on any atom is 0.536 e. The normalized spacial score (nSPS) is 10.6. The zero-order chi connectivity index (χ0) is 12.7. The summed E-state index contributed by atoms with van der Waals surface area (Å²) < 4.78 is 0.195. The van der Waals surface area contributed by atoms with E-state index in [9.17, 15) is 30.3 Å². The minimum atomic E-state index is -1.21. The quantitative estimate of drug-likeness (QED) is 0.472. The summed E-state index contributed by atoms with van der Waals surface area (Å²) in [7, 11) is 0. The topological polar surface area (TPSA) is 177 Å². The maximum atomic E-state index is 10.6. The Hall–Kier alpha value is -3.19. The Bertz CT molecular complexity index is 652. The Labute approximate surface area is 88.5 Å². The van der Waals surface area contributed by atoms with E-state index in [2.05, 4.69) is 15.3 Å². The van der Waals surface area contributed by atoms with Crippen LogP contribution < -0.4 is 0 Å². The number of hydrogen-bond acceptors (Lipinski definition) is 9. The molecule has 0 radical (unpaired) electrons. The molecule has 14 heteroatoms. The Morgan fingerprint density at radius 1 is 0.941 bits per heavy atom. The van der Waals surface area contributed by atoms with Crippen molar-refractivity contribution in [2.24, 2.45) is 0 Å². The Balaban J connectivity index is 2.85. The molecule has 0 bridgehead atoms. The van der Waals surface area contributed by atoms with E-state index in [1.807, 2.05) is 0 Å². The van der Waals surface area contributed by atoms with Crippen molar-refractivity contribution in [2.75, 3.05) is 0 Å². The molecule has 0 saturated carbocycles. The van der Waals surface area contributed by atoms with Crippen LogP contribution in [0.3, 0.4) is 0 Å². The predicted molar refractivity (Wildman–Crippen MR) is 44.5 cm³/mol. The summed E-state index contributed by atoms with van der Waals surface area (Å²) in [5.41, 5.74) is 0. The van der Waals surface area contributed by atoms with Gasteiger partial charge in [0.15, 0.2) is 0 Å². The van der Waals surface area contributed by atoms with Crippen molar-refractivity contribution in [3.8, 4) is 0 Å². The van der Waals surface area contributed by atoms with Gasteiger partial charge in [0.05, 0.1) is 5.10 Å². The molecule has 0 aliphatic heterocycles. The van der Waals surface area contributed by atoms with Gasteiger partial charge in [0.2, 0.25) is 5.03 Å². The van der Waals surface area contributed by atoms with Crippen LogP contribution in [0, 0.1) is 30.3 Å². The molecule has 0 saturated heterocycles. The molecule has 0 fully saturated rings. The Morgan fingerprint density at radius 2 is 1.53 bits per heavy atom. The van der Waals surface area contributed by atoms with Crippen LogP contribution in [0.15, 0.2) is 0 Å². The van der Waals surface area contributed by atoms with Crippen LogP contribution in [-0.4, -0.2) is 39.4 Å². The minimum absolute atomic E-state index is 0.111. The van der Waals surface area contributed by atoms with Gasteiger partial charge in [0, 0.05) is 9.61 Å². The van der Waals surface area contributed by atoms with Crippen LogP contribution in [0.1, 0.15) is 0 Å². The number of aromatic nitrogens is 5. The van der Waals surface area contributed by atoms with Crippen LogP contribution >= 0.6 is 0 Å². The molecule has 0 unspecified atom stereocenters. The molecule has 0 amide bonds. The molecule has 2 aromatic rings. The summed E-state index contributed by atoms with van der Waals surface area (Å²) in [5, 5.41) is 39.4. The number of fused-ring (bicyclic) bond motifs is 1. The Kier molecular flexibility index (Phi) is 1.92. The predicted octanol–water partition coefficient (Wildman–Crippen LogP) is -1.22. The zero-order valence-electron chi connectivity index (χ0n) is 7.53. The SMILES string of the molecule is O=[N+]([O-])c1nn2c([N+](=O)[O-])nnc2n1[N+](=O)[O-]. The maximum absolute atomic E-state index is 10.6. The minimum Gasteiger partial charge on any atom is -0.390 e. The fraction of sp³-hybridized carbons (Fsp3) is 0. The summed E-state index contributed by atoms with van der Waals surface area (Å²) in [6.07, 6.45) is 0. The highest BCUT2D eigenvalue weighted by Crippen LogP contribution is 2.16. The lowest BCUT2D eigenvalue weighted by molar-refractivity contribution is -0.557. The molecule has 0 aromatic carbocycles. The fourth-order valence-corrected chi connectivity index (χ4v) is 1.08. The van der Waals surface area contributed by atoms with Gasteiger partial charge in [0.25, 0.3) is 0 Å². The summed E-state index contributed by atoms with van der Waals surface area (Å²) in [6, 6.07) is 0. The highest BCUT2D eigenvalue weighted by Gasteiger charge is 2.40. The van der Waals surface area contributed by atoms with Crippen LogP contribution in [-0.2, 0) is 0 Å². The molecule has 0 N–H and O–H groups in total. The van der Waals surface area contributed by atoms with Gasteiger partial charge in [-0.2, -0.15) is 0 Å². The second-order valence-corrected chi connectivity index (χ2v) is 2.58. The molecule has 0 aliphatic rings. The lowest BCUT2D eigenvalue weighted by Gasteiger charge is -1.87.